The van der Waals surface area contributed by atoms with E-state index < -0.39 is 29.6 Å². The van der Waals surface area contributed by atoms with Gasteiger partial charge in [0.2, 0.25) is 0 Å². The minimum absolute atomic E-state index is 0.0523. The zero-order valence-corrected chi connectivity index (χ0v) is 20.3. The van der Waals surface area contributed by atoms with Gasteiger partial charge in [-0.2, -0.15) is 0 Å². The Morgan fingerprint density at radius 3 is 1.92 bits per heavy atom. The smallest absolute Gasteiger partial charge is 0.302 e. The molecule has 7 heteroatoms. The van der Waals surface area contributed by atoms with Gasteiger partial charge >= 0.3 is 5.97 Å². The number of ketones is 1. The maximum atomic E-state index is 13.4. The Hall–Kier alpha value is -3.87. The molecule has 1 N–H and O–H groups in total. The van der Waals surface area contributed by atoms with Gasteiger partial charge in [0.15, 0.2) is 5.78 Å². The van der Waals surface area contributed by atoms with Crippen LogP contribution < -0.4 is 5.32 Å². The predicted octanol–water partition coefficient (Wildman–Crippen LogP) is 5.00. The summed E-state index contributed by atoms with van der Waals surface area (Å²) < 4.78 is 31.9. The number of halogens is 2. The third kappa shape index (κ3) is 8.41. The van der Waals surface area contributed by atoms with Crippen LogP contribution in [0.3, 0.4) is 0 Å². The summed E-state index contributed by atoms with van der Waals surface area (Å²) in [5.74, 6) is -2.40. The Morgan fingerprint density at radius 1 is 0.806 bits per heavy atom. The van der Waals surface area contributed by atoms with Gasteiger partial charge in [0.1, 0.15) is 11.6 Å². The quantitative estimate of drug-likeness (QED) is 0.382. The highest BCUT2D eigenvalue weighted by Crippen LogP contribution is 2.18. The summed E-state index contributed by atoms with van der Waals surface area (Å²) in [4.78, 5) is 37.7. The highest BCUT2D eigenvalue weighted by atomic mass is 19.1. The van der Waals surface area contributed by atoms with E-state index in [0.717, 1.165) is 11.1 Å². The van der Waals surface area contributed by atoms with Crippen LogP contribution in [0.15, 0.2) is 72.8 Å². The SMILES string of the molecule is CC(=O)OC[C@@H](CC(=O)[C@H](Cc1ccc(F)cc1)NC(=O)c1ccc(F)cc1)Cc1ccc(C)cc1. The second-order valence-electron chi connectivity index (χ2n) is 8.89. The summed E-state index contributed by atoms with van der Waals surface area (Å²) in [6.07, 6.45) is 0.710. The molecule has 1 amide bonds. The van der Waals surface area contributed by atoms with Gasteiger partial charge in [0.05, 0.1) is 12.6 Å². The Bertz CT molecular complexity index is 1180. The first-order valence-corrected chi connectivity index (χ1v) is 11.7. The molecule has 0 heterocycles. The second kappa shape index (κ2) is 12.7. The normalized spacial score (nSPS) is 12.4. The molecule has 0 saturated carbocycles. The summed E-state index contributed by atoms with van der Waals surface area (Å²) in [5.41, 5.74) is 2.99. The second-order valence-corrected chi connectivity index (χ2v) is 8.89. The maximum absolute atomic E-state index is 13.4. The van der Waals surface area contributed by atoms with Gasteiger partial charge < -0.3 is 10.1 Å². The molecule has 3 aromatic rings. The van der Waals surface area contributed by atoms with E-state index in [1.165, 1.54) is 43.3 Å². The van der Waals surface area contributed by atoms with Gasteiger partial charge in [-0.3, -0.25) is 14.4 Å². The van der Waals surface area contributed by atoms with E-state index in [1.54, 1.807) is 12.1 Å². The lowest BCUT2D eigenvalue weighted by Gasteiger charge is -2.22. The van der Waals surface area contributed by atoms with Gasteiger partial charge in [0, 0.05) is 24.8 Å². The zero-order chi connectivity index (χ0) is 26.1. The Kier molecular flexibility index (Phi) is 9.45. The number of hydrogen-bond donors (Lipinski definition) is 1. The number of rotatable bonds is 11. The van der Waals surface area contributed by atoms with Crippen molar-refractivity contribution in [1.82, 2.24) is 5.32 Å². The van der Waals surface area contributed by atoms with Gasteiger partial charge in [-0.05, 0) is 67.3 Å². The van der Waals surface area contributed by atoms with Gasteiger partial charge in [-0.15, -0.1) is 0 Å². The maximum Gasteiger partial charge on any atom is 0.302 e. The monoisotopic (exact) mass is 493 g/mol. The van der Waals surface area contributed by atoms with Crippen molar-refractivity contribution in [2.24, 2.45) is 5.92 Å². The van der Waals surface area contributed by atoms with Crippen LogP contribution in [-0.4, -0.2) is 30.3 Å². The lowest BCUT2D eigenvalue weighted by molar-refractivity contribution is -0.143. The van der Waals surface area contributed by atoms with Gasteiger partial charge in [-0.1, -0.05) is 42.0 Å². The van der Waals surface area contributed by atoms with Crippen LogP contribution >= 0.6 is 0 Å². The van der Waals surface area contributed by atoms with Crippen molar-refractivity contribution in [2.75, 3.05) is 6.61 Å². The van der Waals surface area contributed by atoms with Crippen LogP contribution in [-0.2, 0) is 27.2 Å². The van der Waals surface area contributed by atoms with Crippen LogP contribution in [0.2, 0.25) is 0 Å². The molecule has 0 radical (unpaired) electrons. The molecule has 0 fully saturated rings. The van der Waals surface area contributed by atoms with Crippen molar-refractivity contribution < 1.29 is 27.9 Å². The van der Waals surface area contributed by atoms with Crippen molar-refractivity contribution in [3.05, 3.63) is 107 Å². The third-order valence-corrected chi connectivity index (χ3v) is 5.81. The fourth-order valence-electron chi connectivity index (χ4n) is 3.85. The molecule has 3 aromatic carbocycles. The fourth-order valence-corrected chi connectivity index (χ4v) is 3.85. The number of carbonyl (C=O) groups is 3. The minimum atomic E-state index is -0.911. The molecule has 0 spiro atoms. The van der Waals surface area contributed by atoms with Gasteiger partial charge in [-0.25, -0.2) is 8.78 Å². The number of amides is 1. The summed E-state index contributed by atoms with van der Waals surface area (Å²) in [7, 11) is 0. The van der Waals surface area contributed by atoms with E-state index in [0.29, 0.717) is 12.0 Å². The average molecular weight is 494 g/mol. The number of ether oxygens (including phenoxy) is 1. The van der Waals surface area contributed by atoms with Crippen LogP contribution in [0.25, 0.3) is 0 Å². The van der Waals surface area contributed by atoms with Crippen LogP contribution in [0.4, 0.5) is 8.78 Å². The van der Waals surface area contributed by atoms with Crippen LogP contribution in [0.5, 0.6) is 0 Å². The number of hydrogen-bond acceptors (Lipinski definition) is 4. The molecule has 0 bridgehead atoms. The molecule has 3 rings (SSSR count). The summed E-state index contributed by atoms with van der Waals surface area (Å²) in [5, 5.41) is 2.74. The zero-order valence-electron chi connectivity index (χ0n) is 20.3. The topological polar surface area (TPSA) is 72.5 Å². The molecule has 36 heavy (non-hydrogen) atoms. The largest absolute Gasteiger partial charge is 0.466 e. The summed E-state index contributed by atoms with van der Waals surface area (Å²) >= 11 is 0. The molecule has 0 aliphatic carbocycles. The first-order valence-electron chi connectivity index (χ1n) is 11.7. The number of benzene rings is 3. The lowest BCUT2D eigenvalue weighted by atomic mass is 9.90. The number of esters is 1. The van der Waals surface area contributed by atoms with Crippen molar-refractivity contribution in [3.8, 4) is 0 Å². The molecule has 188 valence electrons. The van der Waals surface area contributed by atoms with Crippen molar-refractivity contribution in [3.63, 3.8) is 0 Å². The Morgan fingerprint density at radius 2 is 1.33 bits per heavy atom. The van der Waals surface area contributed by atoms with Crippen LogP contribution in [0, 0.1) is 24.5 Å². The molecule has 2 atom stereocenters. The van der Waals surface area contributed by atoms with E-state index in [-0.39, 0.29) is 36.7 Å². The van der Waals surface area contributed by atoms with E-state index in [4.69, 9.17) is 4.74 Å². The highest BCUT2D eigenvalue weighted by Gasteiger charge is 2.26. The predicted molar refractivity (Wildman–Crippen MR) is 132 cm³/mol. The third-order valence-electron chi connectivity index (χ3n) is 5.81. The first-order chi connectivity index (χ1) is 17.2. The Labute approximate surface area is 209 Å². The molecule has 0 aromatic heterocycles. The minimum Gasteiger partial charge on any atom is -0.466 e. The highest BCUT2D eigenvalue weighted by molar-refractivity contribution is 5.98. The molecular formula is C29H29F2NO4. The summed E-state index contributed by atoms with van der Waals surface area (Å²) in [6, 6.07) is 17.7. The lowest BCUT2D eigenvalue weighted by Crippen LogP contribution is -2.43. The molecular weight excluding hydrogens is 464 g/mol. The van der Waals surface area contributed by atoms with Crippen molar-refractivity contribution in [1.29, 1.82) is 0 Å². The number of carbonyl (C=O) groups excluding carboxylic acids is 3. The Balaban J connectivity index is 1.79. The van der Waals surface area contributed by atoms with E-state index in [9.17, 15) is 23.2 Å². The van der Waals surface area contributed by atoms with E-state index >= 15 is 0 Å². The van der Waals surface area contributed by atoms with Crippen LogP contribution in [0.1, 0.15) is 40.4 Å². The standard InChI is InChI=1S/C29H29F2NO4/c1-19-3-5-21(6-4-19)15-23(18-36-20(2)33)17-28(34)27(16-22-7-11-25(30)12-8-22)32-29(35)24-9-13-26(31)14-10-24/h3-14,23,27H,15-18H2,1-2H3,(H,32,35)/t23-,27+/m1/s1. The van der Waals surface area contributed by atoms with E-state index in [2.05, 4.69) is 5.32 Å². The molecule has 0 saturated heterocycles. The number of Topliss-reactive ketones (excluding diaryl/α,β-unsaturated/α-hetero) is 1. The van der Waals surface area contributed by atoms with E-state index in [1.807, 2.05) is 31.2 Å². The molecule has 5 nitrogen and oxygen atoms in total. The molecule has 0 aliphatic rings. The van der Waals surface area contributed by atoms with Gasteiger partial charge in [0.25, 0.3) is 5.91 Å². The van der Waals surface area contributed by atoms with Crippen molar-refractivity contribution >= 4 is 17.7 Å². The fraction of sp³-hybridized carbons (Fsp3) is 0.276. The first kappa shape index (κ1) is 26.7. The average Bonchev–Trinajstić information content (AvgIpc) is 2.85. The molecule has 0 unspecified atom stereocenters. The number of aryl methyl sites for hydroxylation is 1. The van der Waals surface area contributed by atoms with Crippen molar-refractivity contribution in [2.45, 2.75) is 39.2 Å². The molecule has 0 aliphatic heterocycles. The summed E-state index contributed by atoms with van der Waals surface area (Å²) in [6.45, 7) is 3.35. The number of nitrogens with one attached hydrogen (secondary N) is 1.